The summed E-state index contributed by atoms with van der Waals surface area (Å²) in [6.07, 6.45) is 2.85. The molecule has 2 aromatic heterocycles. The lowest BCUT2D eigenvalue weighted by molar-refractivity contribution is 0.0699. The van der Waals surface area contributed by atoms with Gasteiger partial charge in [0, 0.05) is 0 Å². The van der Waals surface area contributed by atoms with E-state index in [1.807, 2.05) is 0 Å². The summed E-state index contributed by atoms with van der Waals surface area (Å²) in [5.41, 5.74) is 0.651. The predicted molar refractivity (Wildman–Crippen MR) is 54.7 cm³/mol. The number of aliphatic hydroxyl groups excluding tert-OH is 1. The molecule has 0 unspecified atom stereocenters. The molecule has 0 aromatic carbocycles. The van der Waals surface area contributed by atoms with Gasteiger partial charge in [-0.3, -0.25) is 0 Å². The normalized spacial score (nSPS) is 10.6. The first-order chi connectivity index (χ1) is 7.72. The zero-order valence-electron chi connectivity index (χ0n) is 8.33. The lowest BCUT2D eigenvalue weighted by Gasteiger charge is -2.04. The summed E-state index contributed by atoms with van der Waals surface area (Å²) in [5.74, 6) is -0.486. The summed E-state index contributed by atoms with van der Waals surface area (Å²) in [7, 11) is 0. The van der Waals surface area contributed by atoms with E-state index < -0.39 is 5.97 Å². The van der Waals surface area contributed by atoms with Crippen LogP contribution in [0, 0.1) is 0 Å². The molecule has 2 rings (SSSR count). The Morgan fingerprint density at radius 1 is 1.50 bits per heavy atom. The maximum absolute atomic E-state index is 10.8. The van der Waals surface area contributed by atoms with Gasteiger partial charge in [-0.1, -0.05) is 0 Å². The maximum atomic E-state index is 10.8. The molecule has 6 heteroatoms. The molecular weight excluding hydrogens is 212 g/mol. The van der Waals surface area contributed by atoms with E-state index in [0.29, 0.717) is 11.3 Å². The molecule has 0 aliphatic heterocycles. The number of aromatic nitrogens is 2. The second-order valence-corrected chi connectivity index (χ2v) is 3.13. The third-order valence-electron chi connectivity index (χ3n) is 2.08. The topological polar surface area (TPSA) is 84.1 Å². The van der Waals surface area contributed by atoms with Crippen LogP contribution in [0.2, 0.25) is 0 Å². The van der Waals surface area contributed by atoms with E-state index in [1.165, 1.54) is 10.7 Å². The van der Waals surface area contributed by atoms with E-state index in [1.54, 1.807) is 18.3 Å². The molecule has 6 nitrogen and oxygen atoms in total. The number of fused-ring (bicyclic) bond motifs is 1. The molecule has 84 valence electrons. The Morgan fingerprint density at radius 2 is 2.31 bits per heavy atom. The zero-order valence-corrected chi connectivity index (χ0v) is 8.33. The number of carboxylic acids is 1. The van der Waals surface area contributed by atoms with Crippen molar-refractivity contribution in [1.82, 2.24) is 9.61 Å². The van der Waals surface area contributed by atoms with Gasteiger partial charge in [0.2, 0.25) is 0 Å². The summed E-state index contributed by atoms with van der Waals surface area (Å²) < 4.78 is 6.60. The minimum Gasteiger partial charge on any atom is -0.490 e. The monoisotopic (exact) mass is 222 g/mol. The number of carboxylic acid groups (broad SMARTS) is 1. The first kappa shape index (κ1) is 10.4. The SMILES string of the molecule is O=C(O)c1cnn2cc(OCCO)ccc12. The quantitative estimate of drug-likeness (QED) is 0.782. The van der Waals surface area contributed by atoms with Gasteiger partial charge in [0.25, 0.3) is 0 Å². The molecule has 0 radical (unpaired) electrons. The van der Waals surface area contributed by atoms with Gasteiger partial charge in [0.15, 0.2) is 0 Å². The van der Waals surface area contributed by atoms with Crippen LogP contribution in [0.5, 0.6) is 5.75 Å². The summed E-state index contributed by atoms with van der Waals surface area (Å²) in [5, 5.41) is 21.4. The van der Waals surface area contributed by atoms with Crippen molar-refractivity contribution < 1.29 is 19.7 Å². The Kier molecular flexibility index (Phi) is 2.74. The number of hydrogen-bond donors (Lipinski definition) is 2. The summed E-state index contributed by atoms with van der Waals surface area (Å²) in [6, 6.07) is 3.25. The highest BCUT2D eigenvalue weighted by Crippen LogP contribution is 2.16. The summed E-state index contributed by atoms with van der Waals surface area (Å²) in [4.78, 5) is 10.8. The Balaban J connectivity index is 2.37. The van der Waals surface area contributed by atoms with Crippen molar-refractivity contribution in [3.05, 3.63) is 30.1 Å². The number of aromatic carboxylic acids is 1. The summed E-state index contributed by atoms with van der Waals surface area (Å²) >= 11 is 0. The van der Waals surface area contributed by atoms with Crippen LogP contribution >= 0.6 is 0 Å². The average Bonchev–Trinajstić information content (AvgIpc) is 2.69. The molecule has 0 atom stereocenters. The Bertz CT molecular complexity index is 521. The minimum atomic E-state index is -1.01. The third-order valence-corrected chi connectivity index (χ3v) is 2.08. The van der Waals surface area contributed by atoms with Crippen LogP contribution < -0.4 is 4.74 Å². The lowest BCUT2D eigenvalue weighted by atomic mass is 10.2. The first-order valence-electron chi connectivity index (χ1n) is 4.66. The molecular formula is C10H10N2O4. The fraction of sp³-hybridized carbons (Fsp3) is 0.200. The fourth-order valence-electron chi connectivity index (χ4n) is 1.38. The molecule has 0 spiro atoms. The van der Waals surface area contributed by atoms with Gasteiger partial charge in [0.1, 0.15) is 17.9 Å². The number of nitrogens with zero attached hydrogens (tertiary/aromatic N) is 2. The Hall–Kier alpha value is -2.08. The van der Waals surface area contributed by atoms with E-state index in [0.717, 1.165) is 0 Å². The van der Waals surface area contributed by atoms with Crippen LogP contribution in [-0.2, 0) is 0 Å². The minimum absolute atomic E-state index is 0.0719. The standard InChI is InChI=1S/C10H10N2O4/c13-3-4-16-7-1-2-9-8(10(14)15)5-11-12(9)6-7/h1-2,5-6,13H,3-4H2,(H,14,15). The second kappa shape index (κ2) is 4.19. The van der Waals surface area contributed by atoms with Crippen LogP contribution in [-0.4, -0.2) is 39.0 Å². The number of aliphatic hydroxyl groups is 1. The average molecular weight is 222 g/mol. The van der Waals surface area contributed by atoms with Crippen LogP contribution in [0.25, 0.3) is 5.52 Å². The molecule has 0 aliphatic carbocycles. The smallest absolute Gasteiger partial charge is 0.339 e. The van der Waals surface area contributed by atoms with E-state index in [4.69, 9.17) is 14.9 Å². The van der Waals surface area contributed by atoms with Crippen molar-refractivity contribution in [1.29, 1.82) is 0 Å². The highest BCUT2D eigenvalue weighted by molar-refractivity contribution is 5.95. The molecule has 2 N–H and O–H groups in total. The molecule has 2 aromatic rings. The van der Waals surface area contributed by atoms with Crippen LogP contribution in [0.3, 0.4) is 0 Å². The Morgan fingerprint density at radius 3 is 3.00 bits per heavy atom. The molecule has 0 fully saturated rings. The van der Waals surface area contributed by atoms with Crippen molar-refractivity contribution in [3.63, 3.8) is 0 Å². The predicted octanol–water partition coefficient (Wildman–Crippen LogP) is 0.404. The third kappa shape index (κ3) is 1.82. The number of rotatable bonds is 4. The van der Waals surface area contributed by atoms with Gasteiger partial charge in [-0.05, 0) is 12.1 Å². The highest BCUT2D eigenvalue weighted by atomic mass is 16.5. The molecule has 0 amide bonds. The van der Waals surface area contributed by atoms with E-state index in [-0.39, 0.29) is 18.8 Å². The molecule has 0 saturated carbocycles. The number of carbonyl (C=O) groups is 1. The van der Waals surface area contributed by atoms with Gasteiger partial charge in [-0.2, -0.15) is 5.10 Å². The largest absolute Gasteiger partial charge is 0.490 e. The Labute approximate surface area is 90.7 Å². The molecule has 0 saturated heterocycles. The molecule has 0 aliphatic rings. The van der Waals surface area contributed by atoms with Crippen LogP contribution in [0.1, 0.15) is 10.4 Å². The zero-order chi connectivity index (χ0) is 11.5. The molecule has 16 heavy (non-hydrogen) atoms. The van der Waals surface area contributed by atoms with Crippen molar-refractivity contribution >= 4 is 11.5 Å². The fourth-order valence-corrected chi connectivity index (χ4v) is 1.38. The van der Waals surface area contributed by atoms with Gasteiger partial charge in [-0.25, -0.2) is 9.31 Å². The van der Waals surface area contributed by atoms with Crippen molar-refractivity contribution in [2.24, 2.45) is 0 Å². The van der Waals surface area contributed by atoms with E-state index >= 15 is 0 Å². The number of ether oxygens (including phenoxy) is 1. The van der Waals surface area contributed by atoms with Crippen molar-refractivity contribution in [2.75, 3.05) is 13.2 Å². The van der Waals surface area contributed by atoms with Gasteiger partial charge in [-0.15, -0.1) is 0 Å². The summed E-state index contributed by atoms with van der Waals surface area (Å²) in [6.45, 7) is 0.121. The molecule has 0 bridgehead atoms. The van der Waals surface area contributed by atoms with Gasteiger partial charge in [0.05, 0.1) is 24.5 Å². The number of hydrogen-bond acceptors (Lipinski definition) is 4. The van der Waals surface area contributed by atoms with Crippen molar-refractivity contribution in [2.45, 2.75) is 0 Å². The second-order valence-electron chi connectivity index (χ2n) is 3.13. The van der Waals surface area contributed by atoms with E-state index in [9.17, 15) is 4.79 Å². The van der Waals surface area contributed by atoms with E-state index in [2.05, 4.69) is 5.10 Å². The lowest BCUT2D eigenvalue weighted by Crippen LogP contribution is -2.02. The first-order valence-corrected chi connectivity index (χ1v) is 4.66. The van der Waals surface area contributed by atoms with Crippen LogP contribution in [0.15, 0.2) is 24.5 Å². The van der Waals surface area contributed by atoms with Crippen LogP contribution in [0.4, 0.5) is 0 Å². The molecule has 2 heterocycles. The number of pyridine rings is 1. The van der Waals surface area contributed by atoms with Gasteiger partial charge >= 0.3 is 5.97 Å². The van der Waals surface area contributed by atoms with Gasteiger partial charge < -0.3 is 14.9 Å². The highest BCUT2D eigenvalue weighted by Gasteiger charge is 2.10. The maximum Gasteiger partial charge on any atom is 0.339 e. The van der Waals surface area contributed by atoms with Crippen molar-refractivity contribution in [3.8, 4) is 5.75 Å².